The Kier molecular flexibility index (Phi) is 4.10. The Morgan fingerprint density at radius 3 is 2.79 bits per heavy atom. The van der Waals surface area contributed by atoms with Crippen molar-refractivity contribution in [3.8, 4) is 0 Å². The van der Waals surface area contributed by atoms with Gasteiger partial charge in [0.15, 0.2) is 0 Å². The van der Waals surface area contributed by atoms with Crippen LogP contribution in [0.2, 0.25) is 0 Å². The van der Waals surface area contributed by atoms with E-state index >= 15 is 0 Å². The normalized spacial score (nSPS) is 12.2. The summed E-state index contributed by atoms with van der Waals surface area (Å²) in [6.45, 7) is 0. The van der Waals surface area contributed by atoms with E-state index in [1.54, 1.807) is 0 Å². The fraction of sp³-hybridized carbons (Fsp3) is 0.300. The summed E-state index contributed by atoms with van der Waals surface area (Å²) in [6, 6.07) is 7.06. The van der Waals surface area contributed by atoms with Crippen molar-refractivity contribution in [1.82, 2.24) is 0 Å². The number of nitrogens with two attached hydrogens (primary N) is 1. The Labute approximate surface area is 91.4 Å². The van der Waals surface area contributed by atoms with E-state index in [-0.39, 0.29) is 5.97 Å². The number of esters is 1. The highest BCUT2D eigenvalue weighted by atomic mass is 79.9. The Hall–Kier alpha value is -0.870. The highest BCUT2D eigenvalue weighted by Gasteiger charge is 2.15. The van der Waals surface area contributed by atoms with Gasteiger partial charge in [0.05, 0.1) is 7.11 Å². The predicted octanol–water partition coefficient (Wildman–Crippen LogP) is 1.49. The molecule has 1 aromatic carbocycles. The SMILES string of the molecule is COC(=O)C(N)Cc1ccccc1Br. The second-order valence-electron chi connectivity index (χ2n) is 2.93. The molecule has 0 amide bonds. The number of ether oxygens (including phenoxy) is 1. The van der Waals surface area contributed by atoms with Gasteiger partial charge in [-0.1, -0.05) is 34.1 Å². The van der Waals surface area contributed by atoms with Crippen LogP contribution in [0.25, 0.3) is 0 Å². The van der Waals surface area contributed by atoms with Gasteiger partial charge in [0.1, 0.15) is 6.04 Å². The largest absolute Gasteiger partial charge is 0.468 e. The predicted molar refractivity (Wildman–Crippen MR) is 57.8 cm³/mol. The molecule has 14 heavy (non-hydrogen) atoms. The molecule has 0 spiro atoms. The topological polar surface area (TPSA) is 52.3 Å². The number of carbonyl (C=O) groups is 1. The van der Waals surface area contributed by atoms with Crippen molar-refractivity contribution >= 4 is 21.9 Å². The highest BCUT2D eigenvalue weighted by molar-refractivity contribution is 9.10. The number of carbonyl (C=O) groups excluding carboxylic acids is 1. The number of rotatable bonds is 3. The molecule has 1 unspecified atom stereocenters. The lowest BCUT2D eigenvalue weighted by atomic mass is 10.1. The second kappa shape index (κ2) is 5.12. The minimum Gasteiger partial charge on any atom is -0.468 e. The molecule has 0 radical (unpaired) electrons. The maximum absolute atomic E-state index is 11.1. The van der Waals surface area contributed by atoms with Crippen molar-refractivity contribution in [3.05, 3.63) is 34.3 Å². The molecule has 4 heteroatoms. The zero-order valence-corrected chi connectivity index (χ0v) is 9.45. The van der Waals surface area contributed by atoms with Crippen LogP contribution < -0.4 is 5.73 Å². The van der Waals surface area contributed by atoms with Crippen LogP contribution in [0.3, 0.4) is 0 Å². The third kappa shape index (κ3) is 2.82. The number of hydrogen-bond donors (Lipinski definition) is 1. The fourth-order valence-corrected chi connectivity index (χ4v) is 1.58. The van der Waals surface area contributed by atoms with Crippen molar-refractivity contribution in [1.29, 1.82) is 0 Å². The molecule has 1 aromatic rings. The molecule has 2 N–H and O–H groups in total. The van der Waals surface area contributed by atoms with E-state index in [2.05, 4.69) is 20.7 Å². The molecule has 3 nitrogen and oxygen atoms in total. The molecular formula is C10H12BrNO2. The van der Waals surface area contributed by atoms with Gasteiger partial charge in [-0.3, -0.25) is 4.79 Å². The van der Waals surface area contributed by atoms with Crippen molar-refractivity contribution in [2.24, 2.45) is 5.73 Å². The summed E-state index contributed by atoms with van der Waals surface area (Å²) in [5.74, 6) is -0.388. The van der Waals surface area contributed by atoms with E-state index in [0.29, 0.717) is 6.42 Å². The maximum Gasteiger partial charge on any atom is 0.322 e. The minimum absolute atomic E-state index is 0.388. The molecule has 0 aliphatic rings. The first-order chi connectivity index (χ1) is 6.65. The summed E-state index contributed by atoms with van der Waals surface area (Å²) in [5.41, 5.74) is 6.64. The first kappa shape index (κ1) is 11.2. The minimum atomic E-state index is -0.598. The molecule has 0 heterocycles. The molecule has 0 fully saturated rings. The van der Waals surface area contributed by atoms with Crippen molar-refractivity contribution < 1.29 is 9.53 Å². The van der Waals surface area contributed by atoms with E-state index in [0.717, 1.165) is 10.0 Å². The lowest BCUT2D eigenvalue weighted by Crippen LogP contribution is -2.33. The van der Waals surface area contributed by atoms with E-state index < -0.39 is 6.04 Å². The Bertz CT molecular complexity index is 328. The van der Waals surface area contributed by atoms with E-state index in [4.69, 9.17) is 5.73 Å². The van der Waals surface area contributed by atoms with Crippen LogP contribution in [0.4, 0.5) is 0 Å². The number of halogens is 1. The van der Waals surface area contributed by atoms with Crippen LogP contribution in [-0.2, 0) is 16.0 Å². The van der Waals surface area contributed by atoms with Gasteiger partial charge in [-0.05, 0) is 18.1 Å². The standard InChI is InChI=1S/C10H12BrNO2/c1-14-10(13)9(12)6-7-4-2-3-5-8(7)11/h2-5,9H,6,12H2,1H3. The highest BCUT2D eigenvalue weighted by Crippen LogP contribution is 2.17. The smallest absolute Gasteiger partial charge is 0.322 e. The van der Waals surface area contributed by atoms with Crippen LogP contribution in [-0.4, -0.2) is 19.1 Å². The van der Waals surface area contributed by atoms with Gasteiger partial charge >= 0.3 is 5.97 Å². The summed E-state index contributed by atoms with van der Waals surface area (Å²) in [6.07, 6.45) is 0.480. The van der Waals surface area contributed by atoms with Gasteiger partial charge in [-0.15, -0.1) is 0 Å². The maximum atomic E-state index is 11.1. The van der Waals surface area contributed by atoms with Gasteiger partial charge in [-0.2, -0.15) is 0 Å². The third-order valence-corrected chi connectivity index (χ3v) is 2.68. The first-order valence-electron chi connectivity index (χ1n) is 4.22. The van der Waals surface area contributed by atoms with Crippen molar-refractivity contribution in [2.45, 2.75) is 12.5 Å². The molecular weight excluding hydrogens is 246 g/mol. The van der Waals surface area contributed by atoms with E-state index in [1.165, 1.54) is 7.11 Å². The van der Waals surface area contributed by atoms with Gasteiger partial charge < -0.3 is 10.5 Å². The van der Waals surface area contributed by atoms with Crippen molar-refractivity contribution in [3.63, 3.8) is 0 Å². The zero-order valence-electron chi connectivity index (χ0n) is 7.87. The number of hydrogen-bond acceptors (Lipinski definition) is 3. The molecule has 1 atom stereocenters. The van der Waals surface area contributed by atoms with Crippen LogP contribution in [0.1, 0.15) is 5.56 Å². The monoisotopic (exact) mass is 257 g/mol. The molecule has 0 saturated heterocycles. The molecule has 0 aliphatic carbocycles. The Morgan fingerprint density at radius 1 is 1.57 bits per heavy atom. The second-order valence-corrected chi connectivity index (χ2v) is 3.78. The molecule has 76 valence electrons. The molecule has 0 aromatic heterocycles. The first-order valence-corrected chi connectivity index (χ1v) is 5.01. The van der Waals surface area contributed by atoms with E-state index in [9.17, 15) is 4.79 Å². The molecule has 0 saturated carbocycles. The van der Waals surface area contributed by atoms with E-state index in [1.807, 2.05) is 24.3 Å². The lowest BCUT2D eigenvalue weighted by Gasteiger charge is -2.10. The zero-order chi connectivity index (χ0) is 10.6. The molecule has 0 aliphatic heterocycles. The quantitative estimate of drug-likeness (QED) is 0.836. The number of benzene rings is 1. The average Bonchev–Trinajstić information content (AvgIpc) is 2.20. The van der Waals surface area contributed by atoms with Gasteiger partial charge in [0.25, 0.3) is 0 Å². The third-order valence-electron chi connectivity index (χ3n) is 1.90. The lowest BCUT2D eigenvalue weighted by molar-refractivity contribution is -0.142. The van der Waals surface area contributed by atoms with Crippen LogP contribution in [0, 0.1) is 0 Å². The summed E-state index contributed by atoms with van der Waals surface area (Å²) in [5, 5.41) is 0. The Balaban J connectivity index is 2.69. The molecule has 1 rings (SSSR count). The number of methoxy groups -OCH3 is 1. The molecule has 0 bridgehead atoms. The summed E-state index contributed by atoms with van der Waals surface area (Å²) < 4.78 is 5.50. The van der Waals surface area contributed by atoms with Crippen molar-refractivity contribution in [2.75, 3.05) is 7.11 Å². The van der Waals surface area contributed by atoms with Gasteiger partial charge in [0.2, 0.25) is 0 Å². The van der Waals surface area contributed by atoms with Crippen LogP contribution >= 0.6 is 15.9 Å². The summed E-state index contributed by atoms with van der Waals surface area (Å²) in [4.78, 5) is 11.1. The average molecular weight is 258 g/mol. The van der Waals surface area contributed by atoms with Gasteiger partial charge in [0, 0.05) is 4.47 Å². The summed E-state index contributed by atoms with van der Waals surface area (Å²) >= 11 is 3.39. The summed E-state index contributed by atoms with van der Waals surface area (Å²) in [7, 11) is 1.34. The fourth-order valence-electron chi connectivity index (χ4n) is 1.14. The van der Waals surface area contributed by atoms with Gasteiger partial charge in [-0.25, -0.2) is 0 Å². The van der Waals surface area contributed by atoms with Crippen LogP contribution in [0.15, 0.2) is 28.7 Å². The van der Waals surface area contributed by atoms with Crippen LogP contribution in [0.5, 0.6) is 0 Å². The Morgan fingerprint density at radius 2 is 2.21 bits per heavy atom.